The summed E-state index contributed by atoms with van der Waals surface area (Å²) in [5.41, 5.74) is 9.77. The zero-order chi connectivity index (χ0) is 29.2. The standard InChI is InChI=1S/C38H32N4Si/c1-43(2)37(33-23-13-21-31(41-33)29-19-9-11-25-39-29)35(27-15-5-3-6-16-27)36(28-17-7-4-8-18-28)38(43)34-24-14-22-32(42-34)30-20-10-12-26-40-30/h3-26,35,37H,1-2H3. The van der Waals surface area contributed by atoms with Gasteiger partial charge in [0.05, 0.1) is 36.5 Å². The third kappa shape index (κ3) is 5.02. The lowest BCUT2D eigenvalue weighted by molar-refractivity contribution is 0.784. The van der Waals surface area contributed by atoms with Crippen LogP contribution in [0, 0.1) is 0 Å². The Bertz CT molecular complexity index is 1890. The van der Waals surface area contributed by atoms with E-state index in [4.69, 9.17) is 9.97 Å². The Morgan fingerprint density at radius 2 is 1.02 bits per heavy atom. The number of nitrogens with zero attached hydrogens (tertiary/aromatic N) is 4. The van der Waals surface area contributed by atoms with Crippen molar-refractivity contribution < 1.29 is 0 Å². The van der Waals surface area contributed by atoms with Crippen molar-refractivity contribution in [2.75, 3.05) is 0 Å². The molecule has 0 spiro atoms. The van der Waals surface area contributed by atoms with Gasteiger partial charge in [0, 0.05) is 29.5 Å². The lowest BCUT2D eigenvalue weighted by atomic mass is 9.82. The second kappa shape index (κ2) is 11.3. The number of rotatable bonds is 6. The summed E-state index contributed by atoms with van der Waals surface area (Å²) in [5, 5.41) is 1.38. The van der Waals surface area contributed by atoms with Crippen LogP contribution >= 0.6 is 0 Å². The fraction of sp³-hybridized carbons (Fsp3) is 0.105. The summed E-state index contributed by atoms with van der Waals surface area (Å²) in [7, 11) is -2.31. The first kappa shape index (κ1) is 26.9. The van der Waals surface area contributed by atoms with Gasteiger partial charge in [-0.15, -0.1) is 0 Å². The van der Waals surface area contributed by atoms with Gasteiger partial charge in [0.15, 0.2) is 0 Å². The third-order valence-corrected chi connectivity index (χ3v) is 12.5. The van der Waals surface area contributed by atoms with Crippen molar-refractivity contribution >= 4 is 18.8 Å². The van der Waals surface area contributed by atoms with Crippen LogP contribution in [0.3, 0.4) is 0 Å². The lowest BCUT2D eigenvalue weighted by Gasteiger charge is -2.32. The number of hydrogen-bond acceptors (Lipinski definition) is 4. The van der Waals surface area contributed by atoms with E-state index in [1.165, 1.54) is 21.9 Å². The SMILES string of the molecule is C[Si]1(C)C(c2cccc(-c3ccccn3)n2)=C(c2ccccc2)C(c2ccccc2)C1c1cccc(-c2ccccn2)n1. The molecule has 0 N–H and O–H groups in total. The van der Waals surface area contributed by atoms with Crippen molar-refractivity contribution in [1.29, 1.82) is 0 Å². The molecule has 0 amide bonds. The van der Waals surface area contributed by atoms with Crippen LogP contribution in [0.5, 0.6) is 0 Å². The second-order valence-electron chi connectivity index (χ2n) is 11.5. The van der Waals surface area contributed by atoms with Crippen LogP contribution in [0.4, 0.5) is 0 Å². The summed E-state index contributed by atoms with van der Waals surface area (Å²) in [6.45, 7) is 4.98. The van der Waals surface area contributed by atoms with Crippen LogP contribution in [0.1, 0.15) is 34.0 Å². The molecule has 43 heavy (non-hydrogen) atoms. The van der Waals surface area contributed by atoms with E-state index in [9.17, 15) is 0 Å². The zero-order valence-corrected chi connectivity index (χ0v) is 25.3. The summed E-state index contributed by atoms with van der Waals surface area (Å²) >= 11 is 0. The molecule has 2 unspecified atom stereocenters. The quantitative estimate of drug-likeness (QED) is 0.187. The Hall–Kier alpha value is -5.00. The molecule has 4 nitrogen and oxygen atoms in total. The maximum absolute atomic E-state index is 5.33. The highest BCUT2D eigenvalue weighted by Gasteiger charge is 2.52. The molecule has 0 bridgehead atoms. The number of hydrogen-bond donors (Lipinski definition) is 0. The first-order chi connectivity index (χ1) is 21.1. The van der Waals surface area contributed by atoms with Crippen molar-refractivity contribution in [2.24, 2.45) is 0 Å². The normalized spacial score (nSPS) is 17.6. The van der Waals surface area contributed by atoms with E-state index in [0.29, 0.717) is 0 Å². The predicted octanol–water partition coefficient (Wildman–Crippen LogP) is 8.88. The lowest BCUT2D eigenvalue weighted by Crippen LogP contribution is -2.36. The summed E-state index contributed by atoms with van der Waals surface area (Å²) < 4.78 is 0. The molecule has 1 aliphatic rings. The van der Waals surface area contributed by atoms with Crippen LogP contribution in [-0.2, 0) is 0 Å². The van der Waals surface area contributed by atoms with Crippen molar-refractivity contribution in [3.63, 3.8) is 0 Å². The summed E-state index contributed by atoms with van der Waals surface area (Å²) in [5.74, 6) is 0.118. The minimum atomic E-state index is -2.31. The van der Waals surface area contributed by atoms with Crippen molar-refractivity contribution in [2.45, 2.75) is 24.6 Å². The van der Waals surface area contributed by atoms with E-state index in [0.717, 1.165) is 34.2 Å². The van der Waals surface area contributed by atoms with E-state index < -0.39 is 8.07 Å². The van der Waals surface area contributed by atoms with E-state index >= 15 is 0 Å². The summed E-state index contributed by atoms with van der Waals surface area (Å²) in [6, 6.07) is 46.6. The average molecular weight is 573 g/mol. The molecule has 0 saturated heterocycles. The van der Waals surface area contributed by atoms with Crippen molar-refractivity contribution in [1.82, 2.24) is 19.9 Å². The molecule has 0 fully saturated rings. The summed E-state index contributed by atoms with van der Waals surface area (Å²) in [6.07, 6.45) is 3.66. The fourth-order valence-corrected chi connectivity index (χ4v) is 10.9. The molecule has 6 aromatic rings. The molecule has 7 rings (SSSR count). The molecule has 4 aromatic heterocycles. The minimum absolute atomic E-state index is 0.118. The molecule has 2 aromatic carbocycles. The van der Waals surface area contributed by atoms with Gasteiger partial charge in [0.2, 0.25) is 0 Å². The minimum Gasteiger partial charge on any atom is -0.255 e. The number of allylic oxidation sites excluding steroid dienone is 1. The van der Waals surface area contributed by atoms with Crippen LogP contribution < -0.4 is 0 Å². The molecule has 1 aliphatic heterocycles. The number of pyridine rings is 4. The van der Waals surface area contributed by atoms with Crippen LogP contribution in [-0.4, -0.2) is 28.0 Å². The van der Waals surface area contributed by atoms with E-state index in [2.05, 4.69) is 120 Å². The molecule has 208 valence electrons. The zero-order valence-electron chi connectivity index (χ0n) is 24.3. The number of aromatic nitrogens is 4. The molecular formula is C38H32N4Si. The maximum atomic E-state index is 5.33. The first-order valence-corrected chi connectivity index (χ1v) is 17.8. The molecule has 0 saturated carbocycles. The van der Waals surface area contributed by atoms with Gasteiger partial charge in [0.1, 0.15) is 0 Å². The van der Waals surface area contributed by atoms with Gasteiger partial charge in [-0.05, 0) is 70.4 Å². The van der Waals surface area contributed by atoms with Gasteiger partial charge < -0.3 is 0 Å². The highest BCUT2D eigenvalue weighted by molar-refractivity contribution is 6.98. The van der Waals surface area contributed by atoms with Crippen LogP contribution in [0.25, 0.3) is 33.5 Å². The monoisotopic (exact) mass is 572 g/mol. The first-order valence-electron chi connectivity index (χ1n) is 14.7. The maximum Gasteiger partial charge on any atom is 0.0941 e. The van der Waals surface area contributed by atoms with Gasteiger partial charge in [-0.1, -0.05) is 98.0 Å². The highest BCUT2D eigenvalue weighted by Crippen LogP contribution is 2.59. The van der Waals surface area contributed by atoms with E-state index in [1.807, 2.05) is 48.8 Å². The molecule has 0 aliphatic carbocycles. The largest absolute Gasteiger partial charge is 0.255 e. The van der Waals surface area contributed by atoms with E-state index in [-0.39, 0.29) is 11.5 Å². The molecule has 5 heteroatoms. The van der Waals surface area contributed by atoms with Gasteiger partial charge in [-0.3, -0.25) is 15.0 Å². The topological polar surface area (TPSA) is 51.6 Å². The molecule has 5 heterocycles. The van der Waals surface area contributed by atoms with Gasteiger partial charge in [0.25, 0.3) is 0 Å². The fourth-order valence-electron chi connectivity index (χ4n) is 6.72. The van der Waals surface area contributed by atoms with Gasteiger partial charge in [-0.25, -0.2) is 4.98 Å². The van der Waals surface area contributed by atoms with Gasteiger partial charge >= 0.3 is 0 Å². The van der Waals surface area contributed by atoms with Crippen molar-refractivity contribution in [3.05, 3.63) is 168 Å². The van der Waals surface area contributed by atoms with E-state index in [1.54, 1.807) is 0 Å². The Labute approximate surface area is 253 Å². The molecular weight excluding hydrogens is 541 g/mol. The second-order valence-corrected chi connectivity index (χ2v) is 16.1. The summed E-state index contributed by atoms with van der Waals surface area (Å²) in [4.78, 5) is 19.9. The smallest absolute Gasteiger partial charge is 0.0941 e. The van der Waals surface area contributed by atoms with Gasteiger partial charge in [-0.2, -0.15) is 0 Å². The Kier molecular flexibility index (Phi) is 7.09. The number of benzene rings is 2. The predicted molar refractivity (Wildman–Crippen MR) is 178 cm³/mol. The van der Waals surface area contributed by atoms with Crippen LogP contribution in [0.2, 0.25) is 13.1 Å². The van der Waals surface area contributed by atoms with Crippen LogP contribution in [0.15, 0.2) is 146 Å². The Balaban J connectivity index is 1.49. The molecule has 0 radical (unpaired) electrons. The van der Waals surface area contributed by atoms with Crippen molar-refractivity contribution in [3.8, 4) is 22.8 Å². The molecule has 2 atom stereocenters. The Morgan fingerprint density at radius 1 is 0.488 bits per heavy atom. The Morgan fingerprint density at radius 3 is 1.65 bits per heavy atom. The third-order valence-electron chi connectivity index (χ3n) is 8.53. The highest BCUT2D eigenvalue weighted by atomic mass is 28.3. The average Bonchev–Trinajstić information content (AvgIpc) is 3.33.